The second-order valence-electron chi connectivity index (χ2n) is 5.99. The third-order valence-corrected chi connectivity index (χ3v) is 4.39. The van der Waals surface area contributed by atoms with Gasteiger partial charge in [-0.3, -0.25) is 15.0 Å². The number of aromatic amines is 1. The van der Waals surface area contributed by atoms with E-state index in [0.717, 1.165) is 37.4 Å². The molecular formula is C16H22N4O. The average molecular weight is 286 g/mol. The van der Waals surface area contributed by atoms with Crippen molar-refractivity contribution in [1.29, 1.82) is 0 Å². The monoisotopic (exact) mass is 286 g/mol. The Morgan fingerprint density at radius 1 is 1.29 bits per heavy atom. The van der Waals surface area contributed by atoms with E-state index in [0.29, 0.717) is 5.92 Å². The Balaban J connectivity index is 1.63. The summed E-state index contributed by atoms with van der Waals surface area (Å²) in [6, 6.07) is 4.06. The first-order chi connectivity index (χ1) is 10.1. The number of pyridine rings is 1. The summed E-state index contributed by atoms with van der Waals surface area (Å²) in [5.41, 5.74) is 4.68. The van der Waals surface area contributed by atoms with E-state index >= 15 is 0 Å². The molecule has 0 radical (unpaired) electrons. The number of aromatic nitrogens is 3. The normalized spacial score (nSPS) is 22.8. The molecule has 0 aliphatic carbocycles. The lowest BCUT2D eigenvalue weighted by atomic mass is 9.97. The topological polar surface area (TPSA) is 65.0 Å². The molecule has 5 heteroatoms. The molecule has 2 aromatic heterocycles. The van der Waals surface area contributed by atoms with Gasteiger partial charge in [-0.25, -0.2) is 0 Å². The van der Waals surface area contributed by atoms with Crippen LogP contribution in [0.3, 0.4) is 0 Å². The van der Waals surface area contributed by atoms with Gasteiger partial charge >= 0.3 is 0 Å². The van der Waals surface area contributed by atoms with Gasteiger partial charge in [0.05, 0.1) is 11.8 Å². The smallest absolute Gasteiger partial charge is 0.0710 e. The van der Waals surface area contributed by atoms with Gasteiger partial charge in [0.15, 0.2) is 0 Å². The van der Waals surface area contributed by atoms with Crippen molar-refractivity contribution >= 4 is 0 Å². The molecule has 1 aliphatic rings. The Bertz CT molecular complexity index is 576. The third kappa shape index (κ3) is 3.14. The zero-order valence-corrected chi connectivity index (χ0v) is 12.6. The van der Waals surface area contributed by atoms with Crippen LogP contribution in [-0.2, 0) is 13.0 Å². The van der Waals surface area contributed by atoms with E-state index in [9.17, 15) is 5.11 Å². The number of aryl methyl sites for hydroxylation is 2. The molecule has 0 saturated carbocycles. The van der Waals surface area contributed by atoms with Crippen molar-refractivity contribution in [3.05, 3.63) is 47.0 Å². The van der Waals surface area contributed by atoms with Crippen molar-refractivity contribution in [2.24, 2.45) is 5.92 Å². The highest BCUT2D eigenvalue weighted by Gasteiger charge is 2.31. The molecule has 0 spiro atoms. The molecule has 0 unspecified atom stereocenters. The largest absolute Gasteiger partial charge is 0.391 e. The zero-order chi connectivity index (χ0) is 14.8. The van der Waals surface area contributed by atoms with Gasteiger partial charge in [0.25, 0.3) is 0 Å². The first kappa shape index (κ1) is 14.2. The van der Waals surface area contributed by atoms with Gasteiger partial charge in [-0.05, 0) is 38.0 Å². The number of rotatable bonds is 4. The van der Waals surface area contributed by atoms with Crippen molar-refractivity contribution < 1.29 is 5.11 Å². The minimum Gasteiger partial charge on any atom is -0.391 e. The van der Waals surface area contributed by atoms with Crippen LogP contribution in [0.25, 0.3) is 0 Å². The number of aliphatic hydroxyl groups excluding tert-OH is 1. The number of nitrogens with zero attached hydrogens (tertiary/aromatic N) is 3. The molecule has 2 atom stereocenters. The van der Waals surface area contributed by atoms with Gasteiger partial charge in [-0.2, -0.15) is 5.10 Å². The Morgan fingerprint density at radius 2 is 2.05 bits per heavy atom. The summed E-state index contributed by atoms with van der Waals surface area (Å²) in [6.07, 6.45) is 4.27. The Hall–Kier alpha value is -1.72. The predicted octanol–water partition coefficient (Wildman–Crippen LogP) is 1.46. The third-order valence-electron chi connectivity index (χ3n) is 4.39. The highest BCUT2D eigenvalue weighted by molar-refractivity contribution is 5.23. The molecule has 2 N–H and O–H groups in total. The van der Waals surface area contributed by atoms with Crippen LogP contribution in [0.5, 0.6) is 0 Å². The maximum atomic E-state index is 10.3. The van der Waals surface area contributed by atoms with Crippen LogP contribution in [0.4, 0.5) is 0 Å². The number of likely N-dealkylation sites (tertiary alicyclic amines) is 1. The van der Waals surface area contributed by atoms with Crippen LogP contribution >= 0.6 is 0 Å². The molecule has 1 aliphatic heterocycles. The Morgan fingerprint density at radius 3 is 2.71 bits per heavy atom. The average Bonchev–Trinajstić information content (AvgIpc) is 2.97. The van der Waals surface area contributed by atoms with Crippen molar-refractivity contribution in [2.45, 2.75) is 32.9 Å². The van der Waals surface area contributed by atoms with Crippen molar-refractivity contribution in [1.82, 2.24) is 20.1 Å². The molecule has 2 aromatic rings. The van der Waals surface area contributed by atoms with Gasteiger partial charge in [-0.15, -0.1) is 0 Å². The molecule has 5 nitrogen and oxygen atoms in total. The van der Waals surface area contributed by atoms with Gasteiger partial charge in [-0.1, -0.05) is 0 Å². The molecule has 3 heterocycles. The van der Waals surface area contributed by atoms with E-state index in [-0.39, 0.29) is 6.10 Å². The highest BCUT2D eigenvalue weighted by Crippen LogP contribution is 2.24. The lowest BCUT2D eigenvalue weighted by molar-refractivity contribution is 0.141. The quantitative estimate of drug-likeness (QED) is 0.893. The number of hydrogen-bond donors (Lipinski definition) is 2. The summed E-state index contributed by atoms with van der Waals surface area (Å²) in [5, 5.41) is 17.6. The number of H-pyrrole nitrogens is 1. The van der Waals surface area contributed by atoms with Crippen LogP contribution in [0.15, 0.2) is 24.5 Å². The van der Waals surface area contributed by atoms with Crippen LogP contribution in [0, 0.1) is 19.8 Å². The Kier molecular flexibility index (Phi) is 4.03. The van der Waals surface area contributed by atoms with E-state index in [1.165, 1.54) is 11.1 Å². The fourth-order valence-corrected chi connectivity index (χ4v) is 3.12. The van der Waals surface area contributed by atoms with E-state index in [1.54, 1.807) is 0 Å². The minimum absolute atomic E-state index is 0.259. The van der Waals surface area contributed by atoms with Gasteiger partial charge in [0.2, 0.25) is 0 Å². The van der Waals surface area contributed by atoms with E-state index in [1.807, 2.05) is 31.5 Å². The van der Waals surface area contributed by atoms with Crippen LogP contribution in [0.2, 0.25) is 0 Å². The summed E-state index contributed by atoms with van der Waals surface area (Å²) < 4.78 is 0. The predicted molar refractivity (Wildman–Crippen MR) is 80.8 cm³/mol. The second-order valence-corrected chi connectivity index (χ2v) is 5.99. The summed E-state index contributed by atoms with van der Waals surface area (Å²) in [7, 11) is 0. The van der Waals surface area contributed by atoms with E-state index in [4.69, 9.17) is 0 Å². The molecule has 3 rings (SSSR count). The maximum Gasteiger partial charge on any atom is 0.0710 e. The summed E-state index contributed by atoms with van der Waals surface area (Å²) >= 11 is 0. The van der Waals surface area contributed by atoms with Crippen LogP contribution < -0.4 is 0 Å². The van der Waals surface area contributed by atoms with Crippen LogP contribution in [-0.4, -0.2) is 44.4 Å². The zero-order valence-electron chi connectivity index (χ0n) is 12.6. The lowest BCUT2D eigenvalue weighted by Gasteiger charge is -2.16. The SMILES string of the molecule is Cc1n[nH]c(C)c1CN1C[C@@H](Cc2ccncc2)[C@@H](O)C1. The van der Waals surface area contributed by atoms with Gasteiger partial charge in [0.1, 0.15) is 0 Å². The number of β-amino-alcohol motifs (C(OH)–C–C–N with tert-alkyl or cyclic N) is 1. The lowest BCUT2D eigenvalue weighted by Crippen LogP contribution is -2.22. The molecule has 0 amide bonds. The number of nitrogens with one attached hydrogen (secondary N) is 1. The number of hydrogen-bond acceptors (Lipinski definition) is 4. The summed E-state index contributed by atoms with van der Waals surface area (Å²) in [4.78, 5) is 6.36. The Labute approximate surface area is 125 Å². The van der Waals surface area contributed by atoms with E-state index in [2.05, 4.69) is 27.0 Å². The van der Waals surface area contributed by atoms with Gasteiger partial charge in [0, 0.05) is 49.2 Å². The maximum absolute atomic E-state index is 10.3. The minimum atomic E-state index is -0.259. The fourth-order valence-electron chi connectivity index (χ4n) is 3.12. The standard InChI is InChI=1S/C16H22N4O/c1-11-15(12(2)19-18-11)9-20-8-14(16(21)10-20)7-13-3-5-17-6-4-13/h3-6,14,16,21H,7-10H2,1-2H3,(H,18,19)/t14-,16+/m1/s1. The molecule has 0 bridgehead atoms. The molecule has 21 heavy (non-hydrogen) atoms. The highest BCUT2D eigenvalue weighted by atomic mass is 16.3. The molecule has 0 aromatic carbocycles. The van der Waals surface area contributed by atoms with Crippen LogP contribution in [0.1, 0.15) is 22.5 Å². The number of aliphatic hydroxyl groups is 1. The fraction of sp³-hybridized carbons (Fsp3) is 0.500. The van der Waals surface area contributed by atoms with E-state index < -0.39 is 0 Å². The van der Waals surface area contributed by atoms with Gasteiger partial charge < -0.3 is 5.11 Å². The second kappa shape index (κ2) is 5.95. The molecule has 1 saturated heterocycles. The summed E-state index contributed by atoms with van der Waals surface area (Å²) in [6.45, 7) is 6.60. The first-order valence-corrected chi connectivity index (χ1v) is 7.43. The van der Waals surface area contributed by atoms with Crippen molar-refractivity contribution in [2.75, 3.05) is 13.1 Å². The molecular weight excluding hydrogens is 264 g/mol. The van der Waals surface area contributed by atoms with Crippen molar-refractivity contribution in [3.8, 4) is 0 Å². The first-order valence-electron chi connectivity index (χ1n) is 7.43. The molecule has 1 fully saturated rings. The molecule has 112 valence electrons. The van der Waals surface area contributed by atoms with Crippen molar-refractivity contribution in [3.63, 3.8) is 0 Å². The summed E-state index contributed by atoms with van der Waals surface area (Å²) in [5.74, 6) is 0.292.